The van der Waals surface area contributed by atoms with E-state index in [9.17, 15) is 14.7 Å². The molecule has 0 unspecified atom stereocenters. The monoisotopic (exact) mass is 393 g/mol. The zero-order chi connectivity index (χ0) is 20.2. The highest BCUT2D eigenvalue weighted by molar-refractivity contribution is 5.95. The first-order valence-electron chi connectivity index (χ1n) is 10.7. The molecular formula is C23H27N3O3. The molecule has 0 spiro atoms. The molecule has 0 atom stereocenters. The predicted octanol–water partition coefficient (Wildman–Crippen LogP) is 2.58. The number of hydrogen-bond donors (Lipinski definition) is 1. The van der Waals surface area contributed by atoms with Crippen molar-refractivity contribution in [3.63, 3.8) is 0 Å². The van der Waals surface area contributed by atoms with Crippen LogP contribution in [0.15, 0.2) is 23.0 Å². The lowest BCUT2D eigenvalue weighted by Crippen LogP contribution is -2.42. The summed E-state index contributed by atoms with van der Waals surface area (Å²) < 4.78 is 1.78. The van der Waals surface area contributed by atoms with Crippen molar-refractivity contribution in [1.29, 1.82) is 0 Å². The van der Waals surface area contributed by atoms with Crippen molar-refractivity contribution in [1.82, 2.24) is 14.5 Å². The lowest BCUT2D eigenvalue weighted by atomic mass is 9.75. The summed E-state index contributed by atoms with van der Waals surface area (Å²) in [6.45, 7) is 1.10. The maximum absolute atomic E-state index is 12.6. The first-order chi connectivity index (χ1) is 14.0. The fourth-order valence-electron chi connectivity index (χ4n) is 5.54. The van der Waals surface area contributed by atoms with Gasteiger partial charge in [-0.2, -0.15) is 4.98 Å². The number of fused-ring (bicyclic) bond motifs is 2. The molecule has 1 fully saturated rings. The molecule has 3 aliphatic rings. The summed E-state index contributed by atoms with van der Waals surface area (Å²) in [4.78, 5) is 30.8. The van der Waals surface area contributed by atoms with Crippen molar-refractivity contribution in [3.8, 4) is 5.75 Å². The summed E-state index contributed by atoms with van der Waals surface area (Å²) in [5, 5.41) is 10.3. The third-order valence-electron chi connectivity index (χ3n) is 7.22. The third kappa shape index (κ3) is 2.88. The zero-order valence-corrected chi connectivity index (χ0v) is 16.9. The number of hydrogen-bond acceptors (Lipinski definition) is 4. The number of aromatic nitrogens is 2. The average molecular weight is 393 g/mol. The Morgan fingerprint density at radius 1 is 1.07 bits per heavy atom. The highest BCUT2D eigenvalue weighted by Gasteiger charge is 2.39. The Morgan fingerprint density at radius 3 is 2.62 bits per heavy atom. The van der Waals surface area contributed by atoms with Crippen LogP contribution in [0.2, 0.25) is 0 Å². The Balaban J connectivity index is 1.60. The van der Waals surface area contributed by atoms with Gasteiger partial charge in [0.15, 0.2) is 5.69 Å². The minimum atomic E-state index is -0.697. The van der Waals surface area contributed by atoms with Crippen LogP contribution in [0.4, 0.5) is 0 Å². The van der Waals surface area contributed by atoms with Crippen molar-refractivity contribution in [2.24, 2.45) is 0 Å². The highest BCUT2D eigenvalue weighted by Crippen LogP contribution is 2.44. The van der Waals surface area contributed by atoms with Gasteiger partial charge in [-0.25, -0.2) is 0 Å². The van der Waals surface area contributed by atoms with E-state index in [1.54, 1.807) is 16.5 Å². The second kappa shape index (κ2) is 6.71. The second-order valence-corrected chi connectivity index (χ2v) is 8.91. The Hall–Kier alpha value is -2.63. The Labute approximate surface area is 170 Å². The molecule has 1 amide bonds. The molecule has 6 nitrogen and oxygen atoms in total. The van der Waals surface area contributed by atoms with Gasteiger partial charge < -0.3 is 14.6 Å². The summed E-state index contributed by atoms with van der Waals surface area (Å²) in [5.41, 5.74) is 3.61. The number of carbonyl (C=O) groups excluding carboxylic acids is 1. The van der Waals surface area contributed by atoms with Crippen molar-refractivity contribution < 1.29 is 9.90 Å². The minimum Gasteiger partial charge on any atom is -0.501 e. The lowest BCUT2D eigenvalue weighted by Gasteiger charge is -2.33. The normalized spacial score (nSPS) is 20.0. The second-order valence-electron chi connectivity index (χ2n) is 8.91. The number of nitrogens with zero attached hydrogens (tertiary/aromatic N) is 3. The number of rotatable bonds is 3. The summed E-state index contributed by atoms with van der Waals surface area (Å²) in [6.07, 6.45) is 8.61. The van der Waals surface area contributed by atoms with E-state index in [0.717, 1.165) is 32.1 Å². The fourth-order valence-corrected chi connectivity index (χ4v) is 5.54. The van der Waals surface area contributed by atoms with Crippen LogP contribution in [-0.4, -0.2) is 39.1 Å². The molecule has 29 heavy (non-hydrogen) atoms. The standard InChI is InChI=1S/C23H27N3O3/c1-25-11-12-26-18(24-21(28)20(27)19(26)22(25)29)14-23(9-2-3-10-23)17-8-7-15-5-4-6-16(15)13-17/h7-8,13,27H,2-6,9-12,14H2,1H3. The molecule has 6 heteroatoms. The van der Waals surface area contributed by atoms with E-state index in [1.165, 1.54) is 29.5 Å². The number of benzene rings is 1. The topological polar surface area (TPSA) is 75.4 Å². The van der Waals surface area contributed by atoms with Crippen molar-refractivity contribution in [2.45, 2.75) is 63.3 Å². The quantitative estimate of drug-likeness (QED) is 0.870. The zero-order valence-electron chi connectivity index (χ0n) is 16.9. The molecule has 2 aliphatic carbocycles. The Morgan fingerprint density at radius 2 is 1.83 bits per heavy atom. The van der Waals surface area contributed by atoms with Gasteiger partial charge in [0.1, 0.15) is 5.82 Å². The van der Waals surface area contributed by atoms with Crippen molar-refractivity contribution >= 4 is 5.91 Å². The van der Waals surface area contributed by atoms with Crippen LogP contribution in [0.5, 0.6) is 5.75 Å². The van der Waals surface area contributed by atoms with Crippen LogP contribution in [0.1, 0.15) is 65.1 Å². The van der Waals surface area contributed by atoms with E-state index in [1.807, 2.05) is 0 Å². The number of aromatic hydroxyl groups is 1. The maximum Gasteiger partial charge on any atom is 0.315 e. The van der Waals surface area contributed by atoms with E-state index < -0.39 is 11.3 Å². The first-order valence-corrected chi connectivity index (χ1v) is 10.7. The summed E-state index contributed by atoms with van der Waals surface area (Å²) >= 11 is 0. The summed E-state index contributed by atoms with van der Waals surface area (Å²) in [5.74, 6) is -0.206. The third-order valence-corrected chi connectivity index (χ3v) is 7.22. The van der Waals surface area contributed by atoms with Crippen LogP contribution in [0.3, 0.4) is 0 Å². The number of amides is 1. The predicted molar refractivity (Wildman–Crippen MR) is 109 cm³/mol. The molecular weight excluding hydrogens is 366 g/mol. The molecule has 1 N–H and O–H groups in total. The Bertz CT molecular complexity index is 1050. The van der Waals surface area contributed by atoms with Crippen LogP contribution >= 0.6 is 0 Å². The molecule has 2 heterocycles. The number of likely N-dealkylation sites (N-methyl/N-ethyl adjacent to an activating group) is 1. The van der Waals surface area contributed by atoms with Crippen molar-refractivity contribution in [2.75, 3.05) is 13.6 Å². The van der Waals surface area contributed by atoms with E-state index in [4.69, 9.17) is 0 Å². The van der Waals surface area contributed by atoms with Gasteiger partial charge >= 0.3 is 5.56 Å². The molecule has 1 saturated carbocycles. The van der Waals surface area contributed by atoms with Gasteiger partial charge in [-0.15, -0.1) is 0 Å². The van der Waals surface area contributed by atoms with E-state index in [2.05, 4.69) is 23.2 Å². The van der Waals surface area contributed by atoms with Gasteiger partial charge in [0.25, 0.3) is 5.91 Å². The maximum atomic E-state index is 12.6. The highest BCUT2D eigenvalue weighted by atomic mass is 16.3. The Kier molecular flexibility index (Phi) is 4.26. The smallest absolute Gasteiger partial charge is 0.315 e. The van der Waals surface area contributed by atoms with E-state index in [0.29, 0.717) is 25.3 Å². The van der Waals surface area contributed by atoms with Crippen LogP contribution < -0.4 is 5.56 Å². The molecule has 0 saturated heterocycles. The molecule has 2 aromatic rings. The molecule has 152 valence electrons. The van der Waals surface area contributed by atoms with Gasteiger partial charge in [0.2, 0.25) is 5.75 Å². The summed E-state index contributed by atoms with van der Waals surface area (Å²) in [6, 6.07) is 6.92. The van der Waals surface area contributed by atoms with E-state index in [-0.39, 0.29) is 17.0 Å². The van der Waals surface area contributed by atoms with Crippen LogP contribution in [0, 0.1) is 0 Å². The van der Waals surface area contributed by atoms with Gasteiger partial charge in [0.05, 0.1) is 0 Å². The largest absolute Gasteiger partial charge is 0.501 e. The lowest BCUT2D eigenvalue weighted by molar-refractivity contribution is 0.0737. The molecule has 1 aromatic heterocycles. The van der Waals surface area contributed by atoms with Crippen LogP contribution in [0.25, 0.3) is 0 Å². The SMILES string of the molecule is CN1CCn2c(CC3(c4ccc5c(c4)CCC5)CCCC3)nc(=O)c(O)c2C1=O. The molecule has 0 bridgehead atoms. The fraction of sp³-hybridized carbons (Fsp3) is 0.522. The number of aryl methyl sites for hydroxylation is 2. The van der Waals surface area contributed by atoms with Gasteiger partial charge in [-0.1, -0.05) is 31.0 Å². The molecule has 5 rings (SSSR count). The summed E-state index contributed by atoms with van der Waals surface area (Å²) in [7, 11) is 1.69. The van der Waals surface area contributed by atoms with Crippen LogP contribution in [-0.2, 0) is 31.2 Å². The van der Waals surface area contributed by atoms with Gasteiger partial charge in [-0.3, -0.25) is 9.59 Å². The minimum absolute atomic E-state index is 0.0544. The van der Waals surface area contributed by atoms with Gasteiger partial charge in [-0.05, 0) is 48.8 Å². The first kappa shape index (κ1) is 18.4. The molecule has 1 aromatic carbocycles. The number of carbonyl (C=O) groups is 1. The van der Waals surface area contributed by atoms with E-state index >= 15 is 0 Å². The molecule has 1 aliphatic heterocycles. The van der Waals surface area contributed by atoms with Gasteiger partial charge in [0, 0.05) is 32.0 Å². The van der Waals surface area contributed by atoms with Crippen molar-refractivity contribution in [3.05, 3.63) is 56.8 Å². The average Bonchev–Trinajstić information content (AvgIpc) is 3.37. The molecule has 0 radical (unpaired) electrons.